The van der Waals surface area contributed by atoms with Crippen molar-refractivity contribution in [3.8, 4) is 0 Å². The highest BCUT2D eigenvalue weighted by molar-refractivity contribution is 7.89. The lowest BCUT2D eigenvalue weighted by Gasteiger charge is -2.26. The van der Waals surface area contributed by atoms with Crippen molar-refractivity contribution >= 4 is 27.3 Å². The normalized spacial score (nSPS) is 21.0. The van der Waals surface area contributed by atoms with Gasteiger partial charge in [-0.05, 0) is 44.4 Å². The number of benzene rings is 1. The number of rotatable bonds is 6. The first-order valence-electron chi connectivity index (χ1n) is 9.44. The summed E-state index contributed by atoms with van der Waals surface area (Å²) >= 11 is 0. The standard InChI is InChI=1S/C19H27N3O4S/c1-2-20-17-9-8-16(27(24,25)22-10-12-26-13-11-22)14-18(17)21-19(23)15-6-4-3-5-7-15/h3-4,8-9,14-15,20H,2,5-7,10-13H2,1H3,(H,21,23)/t15-/m1/s1. The van der Waals surface area contributed by atoms with Crippen LogP contribution in [0.5, 0.6) is 0 Å². The number of hydrogen-bond acceptors (Lipinski definition) is 5. The summed E-state index contributed by atoms with van der Waals surface area (Å²) in [5, 5.41) is 6.12. The maximum absolute atomic E-state index is 12.9. The van der Waals surface area contributed by atoms with Gasteiger partial charge in [0.15, 0.2) is 0 Å². The van der Waals surface area contributed by atoms with E-state index in [0.717, 1.165) is 18.5 Å². The van der Waals surface area contributed by atoms with Gasteiger partial charge in [0.2, 0.25) is 15.9 Å². The van der Waals surface area contributed by atoms with Gasteiger partial charge in [0.25, 0.3) is 0 Å². The van der Waals surface area contributed by atoms with Crippen LogP contribution in [-0.4, -0.2) is 51.5 Å². The molecule has 0 aromatic heterocycles. The Kier molecular flexibility index (Phi) is 6.51. The quantitative estimate of drug-likeness (QED) is 0.725. The lowest BCUT2D eigenvalue weighted by molar-refractivity contribution is -0.120. The highest BCUT2D eigenvalue weighted by Crippen LogP contribution is 2.29. The molecule has 2 N–H and O–H groups in total. The monoisotopic (exact) mass is 393 g/mol. The SMILES string of the molecule is CCNc1ccc(S(=O)(=O)N2CCOCC2)cc1NC(=O)[C@@H]1CC=CCC1. The van der Waals surface area contributed by atoms with E-state index >= 15 is 0 Å². The number of nitrogens with one attached hydrogen (secondary N) is 2. The van der Waals surface area contributed by atoms with Crippen molar-refractivity contribution in [3.05, 3.63) is 30.4 Å². The van der Waals surface area contributed by atoms with Gasteiger partial charge in [-0.1, -0.05) is 12.2 Å². The number of carbonyl (C=O) groups excluding carboxylic acids is 1. The van der Waals surface area contributed by atoms with Crippen LogP contribution in [0.2, 0.25) is 0 Å². The average molecular weight is 394 g/mol. The number of carbonyl (C=O) groups is 1. The average Bonchev–Trinajstić information content (AvgIpc) is 2.70. The molecular formula is C19H27N3O4S. The van der Waals surface area contributed by atoms with Gasteiger partial charge in [0.1, 0.15) is 0 Å². The second-order valence-electron chi connectivity index (χ2n) is 6.72. The fraction of sp³-hybridized carbons (Fsp3) is 0.526. The molecule has 1 atom stereocenters. The molecule has 0 bridgehead atoms. The number of anilines is 2. The third-order valence-corrected chi connectivity index (χ3v) is 6.76. The summed E-state index contributed by atoms with van der Waals surface area (Å²) in [4.78, 5) is 12.8. The van der Waals surface area contributed by atoms with Crippen molar-refractivity contribution < 1.29 is 17.9 Å². The number of ether oxygens (including phenoxy) is 1. The summed E-state index contributed by atoms with van der Waals surface area (Å²) in [6.07, 6.45) is 6.53. The van der Waals surface area contributed by atoms with Gasteiger partial charge in [0, 0.05) is 25.6 Å². The van der Waals surface area contributed by atoms with Crippen LogP contribution in [0.4, 0.5) is 11.4 Å². The Morgan fingerprint density at radius 1 is 1.22 bits per heavy atom. The van der Waals surface area contributed by atoms with Gasteiger partial charge in [-0.2, -0.15) is 4.31 Å². The summed E-state index contributed by atoms with van der Waals surface area (Å²) in [6, 6.07) is 4.86. The fourth-order valence-electron chi connectivity index (χ4n) is 3.33. The van der Waals surface area contributed by atoms with Crippen LogP contribution in [0.3, 0.4) is 0 Å². The topological polar surface area (TPSA) is 87.7 Å². The molecule has 1 aliphatic carbocycles. The van der Waals surface area contributed by atoms with E-state index in [1.54, 1.807) is 18.2 Å². The third kappa shape index (κ3) is 4.69. The summed E-state index contributed by atoms with van der Waals surface area (Å²) < 4.78 is 32.5. The summed E-state index contributed by atoms with van der Waals surface area (Å²) in [6.45, 7) is 4.10. The van der Waals surface area contributed by atoms with Crippen molar-refractivity contribution in [1.29, 1.82) is 0 Å². The first kappa shape index (κ1) is 19.9. The summed E-state index contributed by atoms with van der Waals surface area (Å²) in [5.74, 6) is -0.150. The minimum absolute atomic E-state index is 0.0700. The molecule has 1 amide bonds. The number of sulfonamides is 1. The molecule has 0 saturated carbocycles. The fourth-order valence-corrected chi connectivity index (χ4v) is 4.77. The van der Waals surface area contributed by atoms with E-state index in [1.165, 1.54) is 4.31 Å². The number of amides is 1. The van der Waals surface area contributed by atoms with E-state index in [4.69, 9.17) is 4.74 Å². The smallest absolute Gasteiger partial charge is 0.243 e. The largest absolute Gasteiger partial charge is 0.384 e. The van der Waals surface area contributed by atoms with E-state index < -0.39 is 10.0 Å². The third-order valence-electron chi connectivity index (χ3n) is 4.86. The number of allylic oxidation sites excluding steroid dienone is 2. The molecule has 1 aliphatic heterocycles. The van der Waals surface area contributed by atoms with Gasteiger partial charge in [-0.25, -0.2) is 8.42 Å². The molecule has 1 saturated heterocycles. The molecule has 1 heterocycles. The zero-order chi connectivity index (χ0) is 19.3. The Morgan fingerprint density at radius 2 is 2.00 bits per heavy atom. The van der Waals surface area contributed by atoms with Crippen LogP contribution in [-0.2, 0) is 19.6 Å². The summed E-state index contributed by atoms with van der Waals surface area (Å²) in [5.41, 5.74) is 1.23. The molecule has 2 aliphatic rings. The summed E-state index contributed by atoms with van der Waals surface area (Å²) in [7, 11) is -3.61. The van der Waals surface area contributed by atoms with Crippen molar-refractivity contribution in [2.24, 2.45) is 5.92 Å². The van der Waals surface area contributed by atoms with Gasteiger partial charge in [-0.15, -0.1) is 0 Å². The van der Waals surface area contributed by atoms with Crippen molar-refractivity contribution in [1.82, 2.24) is 4.31 Å². The van der Waals surface area contributed by atoms with E-state index in [0.29, 0.717) is 45.0 Å². The molecule has 27 heavy (non-hydrogen) atoms. The Hall–Kier alpha value is -1.90. The van der Waals surface area contributed by atoms with Crippen LogP contribution in [0.15, 0.2) is 35.2 Å². The second-order valence-corrected chi connectivity index (χ2v) is 8.66. The first-order valence-corrected chi connectivity index (χ1v) is 10.9. The zero-order valence-electron chi connectivity index (χ0n) is 15.6. The molecule has 148 valence electrons. The Labute approximate surface area is 160 Å². The molecule has 1 aromatic carbocycles. The van der Waals surface area contributed by atoms with E-state index in [1.807, 2.05) is 13.0 Å². The Bertz CT molecular complexity index is 801. The van der Waals surface area contributed by atoms with E-state index in [2.05, 4.69) is 16.7 Å². The molecule has 7 nitrogen and oxygen atoms in total. The van der Waals surface area contributed by atoms with Gasteiger partial charge >= 0.3 is 0 Å². The highest BCUT2D eigenvalue weighted by atomic mass is 32.2. The Balaban J connectivity index is 1.85. The molecule has 1 aromatic rings. The maximum Gasteiger partial charge on any atom is 0.243 e. The van der Waals surface area contributed by atoms with E-state index in [-0.39, 0.29) is 16.7 Å². The van der Waals surface area contributed by atoms with Crippen molar-refractivity contribution in [2.75, 3.05) is 43.5 Å². The van der Waals surface area contributed by atoms with Crippen LogP contribution in [0.25, 0.3) is 0 Å². The predicted molar refractivity (Wildman–Crippen MR) is 105 cm³/mol. The Morgan fingerprint density at radius 3 is 2.67 bits per heavy atom. The minimum atomic E-state index is -3.61. The molecule has 3 rings (SSSR count). The zero-order valence-corrected chi connectivity index (χ0v) is 16.4. The van der Waals surface area contributed by atoms with Gasteiger partial charge in [-0.3, -0.25) is 4.79 Å². The predicted octanol–water partition coefficient (Wildman–Crippen LogP) is 2.43. The van der Waals surface area contributed by atoms with Crippen LogP contribution in [0.1, 0.15) is 26.2 Å². The van der Waals surface area contributed by atoms with Crippen molar-refractivity contribution in [2.45, 2.75) is 31.1 Å². The van der Waals surface area contributed by atoms with Gasteiger partial charge in [0.05, 0.1) is 29.5 Å². The molecule has 1 fully saturated rings. The molecule has 0 spiro atoms. The number of nitrogens with zero attached hydrogens (tertiary/aromatic N) is 1. The van der Waals surface area contributed by atoms with Crippen LogP contribution in [0, 0.1) is 5.92 Å². The lowest BCUT2D eigenvalue weighted by atomic mass is 9.93. The number of hydrogen-bond donors (Lipinski definition) is 2. The van der Waals surface area contributed by atoms with E-state index in [9.17, 15) is 13.2 Å². The van der Waals surface area contributed by atoms with Crippen LogP contribution < -0.4 is 10.6 Å². The first-order chi connectivity index (χ1) is 13.0. The molecule has 0 radical (unpaired) electrons. The second kappa shape index (κ2) is 8.86. The molecule has 0 unspecified atom stereocenters. The molecule has 8 heteroatoms. The van der Waals surface area contributed by atoms with Crippen molar-refractivity contribution in [3.63, 3.8) is 0 Å². The number of morpholine rings is 1. The maximum atomic E-state index is 12.9. The lowest BCUT2D eigenvalue weighted by Crippen LogP contribution is -2.40. The highest BCUT2D eigenvalue weighted by Gasteiger charge is 2.27. The van der Waals surface area contributed by atoms with Gasteiger partial charge < -0.3 is 15.4 Å². The molecular weight excluding hydrogens is 366 g/mol. The van der Waals surface area contributed by atoms with Crippen LogP contribution >= 0.6 is 0 Å². The minimum Gasteiger partial charge on any atom is -0.384 e.